The number of aromatic amines is 1. The molecule has 2 rings (SSSR count). The van der Waals surface area contributed by atoms with Gasteiger partial charge in [0, 0.05) is 37.2 Å². The maximum Gasteiger partial charge on any atom is 0.190 e. The van der Waals surface area contributed by atoms with Crippen LogP contribution in [0.25, 0.3) is 10.9 Å². The summed E-state index contributed by atoms with van der Waals surface area (Å²) in [6, 6.07) is 6.38. The lowest BCUT2D eigenvalue weighted by molar-refractivity contribution is 0.614. The normalized spacial score (nSPS) is 12.1. The van der Waals surface area contributed by atoms with Crippen molar-refractivity contribution in [1.29, 1.82) is 0 Å². The predicted molar refractivity (Wildman–Crippen MR) is 90.9 cm³/mol. The molecule has 2 aromatic rings. The lowest BCUT2D eigenvalue weighted by Gasteiger charge is -2.13. The summed E-state index contributed by atoms with van der Waals surface area (Å²) in [5.74, 6) is 1.49. The summed E-state index contributed by atoms with van der Waals surface area (Å²) in [6.07, 6.45) is 3.09. The third-order valence-corrected chi connectivity index (χ3v) is 3.58. The molecule has 1 aromatic carbocycles. The molecule has 0 fully saturated rings. The van der Waals surface area contributed by atoms with E-state index in [1.54, 1.807) is 0 Å². The molecule has 0 saturated carbocycles. The summed E-state index contributed by atoms with van der Waals surface area (Å²) in [5, 5.41) is 8.05. The van der Waals surface area contributed by atoms with E-state index >= 15 is 0 Å². The monoisotopic (exact) mass is 286 g/mol. The van der Waals surface area contributed by atoms with Crippen LogP contribution in [0.2, 0.25) is 0 Å². The van der Waals surface area contributed by atoms with Crippen molar-refractivity contribution in [2.24, 2.45) is 10.9 Å². The molecule has 0 amide bonds. The van der Waals surface area contributed by atoms with Gasteiger partial charge in [-0.1, -0.05) is 26.0 Å². The number of aryl methyl sites for hydroxylation is 1. The number of nitrogens with zero attached hydrogens (tertiary/aromatic N) is 1. The van der Waals surface area contributed by atoms with Crippen molar-refractivity contribution in [2.45, 2.75) is 27.2 Å². The van der Waals surface area contributed by atoms with E-state index in [1.807, 2.05) is 7.05 Å². The molecule has 0 unspecified atom stereocenters. The van der Waals surface area contributed by atoms with E-state index in [9.17, 15) is 0 Å². The van der Waals surface area contributed by atoms with Crippen LogP contribution in [0.4, 0.5) is 0 Å². The largest absolute Gasteiger partial charge is 0.361 e. The molecule has 0 bridgehead atoms. The van der Waals surface area contributed by atoms with Crippen LogP contribution >= 0.6 is 0 Å². The SMILES string of the molecule is CN=C(NCCc1c[nH]c2cccc(C)c12)NCC(C)C. The number of benzene rings is 1. The minimum absolute atomic E-state index is 0.611. The first kappa shape index (κ1) is 15.4. The van der Waals surface area contributed by atoms with E-state index in [1.165, 1.54) is 22.0 Å². The van der Waals surface area contributed by atoms with Gasteiger partial charge in [-0.25, -0.2) is 0 Å². The summed E-state index contributed by atoms with van der Waals surface area (Å²) >= 11 is 0. The molecule has 0 saturated heterocycles. The van der Waals surface area contributed by atoms with Crippen LogP contribution in [0.15, 0.2) is 29.4 Å². The standard InChI is InChI=1S/C17H26N4/c1-12(2)10-21-17(18-4)19-9-8-14-11-20-15-7-5-6-13(3)16(14)15/h5-7,11-12,20H,8-10H2,1-4H3,(H2,18,19,21). The summed E-state index contributed by atoms with van der Waals surface area (Å²) in [5.41, 5.74) is 3.90. The molecule has 1 heterocycles. The van der Waals surface area contributed by atoms with Gasteiger partial charge in [-0.3, -0.25) is 4.99 Å². The molecule has 0 aliphatic heterocycles. The topological polar surface area (TPSA) is 52.2 Å². The summed E-state index contributed by atoms with van der Waals surface area (Å²) in [4.78, 5) is 7.59. The Morgan fingerprint density at radius 2 is 2.10 bits per heavy atom. The van der Waals surface area contributed by atoms with Gasteiger partial charge in [0.2, 0.25) is 0 Å². The number of aromatic nitrogens is 1. The fraction of sp³-hybridized carbons (Fsp3) is 0.471. The lowest BCUT2D eigenvalue weighted by atomic mass is 10.1. The number of fused-ring (bicyclic) bond motifs is 1. The highest BCUT2D eigenvalue weighted by molar-refractivity contribution is 5.86. The Hall–Kier alpha value is -1.97. The van der Waals surface area contributed by atoms with E-state index in [0.717, 1.165) is 25.5 Å². The first-order valence-electron chi connectivity index (χ1n) is 7.62. The molecule has 0 aliphatic rings. The molecule has 21 heavy (non-hydrogen) atoms. The molecule has 0 aliphatic carbocycles. The van der Waals surface area contributed by atoms with E-state index in [0.29, 0.717) is 5.92 Å². The number of rotatable bonds is 5. The highest BCUT2D eigenvalue weighted by atomic mass is 15.2. The average molecular weight is 286 g/mol. The second kappa shape index (κ2) is 7.16. The molecule has 114 valence electrons. The van der Waals surface area contributed by atoms with Crippen molar-refractivity contribution in [2.75, 3.05) is 20.1 Å². The molecular weight excluding hydrogens is 260 g/mol. The Morgan fingerprint density at radius 3 is 2.81 bits per heavy atom. The zero-order valence-corrected chi connectivity index (χ0v) is 13.5. The Balaban J connectivity index is 1.93. The Bertz CT molecular complexity index is 610. The molecular formula is C17H26N4. The first-order chi connectivity index (χ1) is 10.1. The number of aliphatic imine (C=N–C) groups is 1. The van der Waals surface area contributed by atoms with Crippen molar-refractivity contribution < 1.29 is 0 Å². The number of H-pyrrole nitrogens is 1. The van der Waals surface area contributed by atoms with Crippen LogP contribution in [-0.4, -0.2) is 31.1 Å². The average Bonchev–Trinajstić information content (AvgIpc) is 2.87. The summed E-state index contributed by atoms with van der Waals surface area (Å²) in [6.45, 7) is 8.35. The van der Waals surface area contributed by atoms with E-state index < -0.39 is 0 Å². The molecule has 4 nitrogen and oxygen atoms in total. The Labute approximate surface area is 127 Å². The molecule has 0 spiro atoms. The van der Waals surface area contributed by atoms with Gasteiger partial charge in [-0.2, -0.15) is 0 Å². The number of guanidine groups is 1. The number of hydrogen-bond donors (Lipinski definition) is 3. The van der Waals surface area contributed by atoms with Gasteiger partial charge < -0.3 is 15.6 Å². The lowest BCUT2D eigenvalue weighted by Crippen LogP contribution is -2.39. The minimum atomic E-state index is 0.611. The van der Waals surface area contributed by atoms with Crippen LogP contribution in [-0.2, 0) is 6.42 Å². The van der Waals surface area contributed by atoms with Crippen LogP contribution in [0.5, 0.6) is 0 Å². The van der Waals surface area contributed by atoms with Gasteiger partial charge in [-0.05, 0) is 36.5 Å². The van der Waals surface area contributed by atoms with E-state index in [-0.39, 0.29) is 0 Å². The van der Waals surface area contributed by atoms with Crippen LogP contribution in [0, 0.1) is 12.8 Å². The molecule has 3 N–H and O–H groups in total. The van der Waals surface area contributed by atoms with Crippen molar-refractivity contribution >= 4 is 16.9 Å². The van der Waals surface area contributed by atoms with Crippen LogP contribution < -0.4 is 10.6 Å². The molecule has 0 atom stereocenters. The zero-order valence-electron chi connectivity index (χ0n) is 13.5. The maximum absolute atomic E-state index is 4.25. The third kappa shape index (κ3) is 4.00. The van der Waals surface area contributed by atoms with E-state index in [2.05, 4.69) is 65.8 Å². The van der Waals surface area contributed by atoms with Crippen molar-refractivity contribution in [3.05, 3.63) is 35.5 Å². The van der Waals surface area contributed by atoms with Gasteiger partial charge in [0.05, 0.1) is 0 Å². The fourth-order valence-electron chi connectivity index (χ4n) is 2.49. The van der Waals surface area contributed by atoms with Crippen LogP contribution in [0.1, 0.15) is 25.0 Å². The quantitative estimate of drug-likeness (QED) is 0.585. The summed E-state index contributed by atoms with van der Waals surface area (Å²) in [7, 11) is 1.81. The Kier molecular flexibility index (Phi) is 5.26. The minimum Gasteiger partial charge on any atom is -0.361 e. The fourth-order valence-corrected chi connectivity index (χ4v) is 2.49. The third-order valence-electron chi connectivity index (χ3n) is 3.58. The van der Waals surface area contributed by atoms with Crippen molar-refractivity contribution in [1.82, 2.24) is 15.6 Å². The second-order valence-electron chi connectivity index (χ2n) is 5.84. The van der Waals surface area contributed by atoms with Gasteiger partial charge in [0.1, 0.15) is 0 Å². The van der Waals surface area contributed by atoms with Crippen LogP contribution in [0.3, 0.4) is 0 Å². The zero-order chi connectivity index (χ0) is 15.2. The highest BCUT2D eigenvalue weighted by Gasteiger charge is 2.06. The molecule has 0 radical (unpaired) electrons. The maximum atomic E-state index is 4.25. The van der Waals surface area contributed by atoms with E-state index in [4.69, 9.17) is 0 Å². The first-order valence-corrected chi connectivity index (χ1v) is 7.62. The highest BCUT2D eigenvalue weighted by Crippen LogP contribution is 2.22. The second-order valence-corrected chi connectivity index (χ2v) is 5.84. The Morgan fingerprint density at radius 1 is 1.29 bits per heavy atom. The van der Waals surface area contributed by atoms with Gasteiger partial charge in [-0.15, -0.1) is 0 Å². The number of nitrogens with one attached hydrogen (secondary N) is 3. The van der Waals surface area contributed by atoms with Gasteiger partial charge >= 0.3 is 0 Å². The summed E-state index contributed by atoms with van der Waals surface area (Å²) < 4.78 is 0. The molecule has 1 aromatic heterocycles. The van der Waals surface area contributed by atoms with Crippen molar-refractivity contribution in [3.8, 4) is 0 Å². The van der Waals surface area contributed by atoms with Gasteiger partial charge in [0.15, 0.2) is 5.96 Å². The number of hydrogen-bond acceptors (Lipinski definition) is 1. The van der Waals surface area contributed by atoms with Gasteiger partial charge in [0.25, 0.3) is 0 Å². The smallest absolute Gasteiger partial charge is 0.190 e. The predicted octanol–water partition coefficient (Wildman–Crippen LogP) is 2.84. The molecule has 4 heteroatoms. The van der Waals surface area contributed by atoms with Crippen molar-refractivity contribution in [3.63, 3.8) is 0 Å².